The van der Waals surface area contributed by atoms with E-state index in [1.54, 1.807) is 0 Å². The third kappa shape index (κ3) is 5.49. The Bertz CT molecular complexity index is 557. The molecule has 0 spiro atoms. The third-order valence-electron chi connectivity index (χ3n) is 4.23. The molecule has 0 aliphatic carbocycles. The first-order valence-electron chi connectivity index (χ1n) is 8.36. The molecule has 1 aliphatic rings. The third-order valence-corrected chi connectivity index (χ3v) is 4.23. The van der Waals surface area contributed by atoms with E-state index in [4.69, 9.17) is 5.73 Å². The van der Waals surface area contributed by atoms with Gasteiger partial charge in [0.25, 0.3) is 5.91 Å². The first kappa shape index (κ1) is 20.5. The van der Waals surface area contributed by atoms with Gasteiger partial charge in [0.1, 0.15) is 0 Å². The van der Waals surface area contributed by atoms with E-state index in [1.807, 2.05) is 30.9 Å². The average molecular weight is 354 g/mol. The lowest BCUT2D eigenvalue weighted by atomic mass is 9.96. The van der Waals surface area contributed by atoms with E-state index in [1.165, 1.54) is 0 Å². The Balaban J connectivity index is 0.00000288. The van der Waals surface area contributed by atoms with Crippen molar-refractivity contribution in [3.8, 4) is 0 Å². The molecule has 1 heterocycles. The highest BCUT2D eigenvalue weighted by molar-refractivity contribution is 5.95. The number of likely N-dealkylation sites (tertiary alicyclic amines) is 1. The maximum atomic E-state index is 12.7. The second kappa shape index (κ2) is 9.64. The fraction of sp³-hybridized carbons (Fsp3) is 0.556. The molecule has 1 aromatic carbocycles. The van der Waals surface area contributed by atoms with Crippen molar-refractivity contribution in [1.82, 2.24) is 10.2 Å². The van der Waals surface area contributed by atoms with Gasteiger partial charge < -0.3 is 16.0 Å². The average Bonchev–Trinajstić information content (AvgIpc) is 2.53. The SMILES string of the molecule is Cc1cc(C)cc(C(=O)N2CCCC(C(=O)NCCCN)C2)c1.Cl. The summed E-state index contributed by atoms with van der Waals surface area (Å²) < 4.78 is 0. The number of benzene rings is 1. The van der Waals surface area contributed by atoms with Crippen molar-refractivity contribution < 1.29 is 9.59 Å². The molecule has 1 saturated heterocycles. The number of nitrogens with two attached hydrogens (primary N) is 1. The van der Waals surface area contributed by atoms with Gasteiger partial charge in [0.2, 0.25) is 5.91 Å². The number of hydrogen-bond acceptors (Lipinski definition) is 3. The van der Waals surface area contributed by atoms with Crippen LogP contribution in [0.2, 0.25) is 0 Å². The van der Waals surface area contributed by atoms with Crippen molar-refractivity contribution in [3.05, 3.63) is 34.9 Å². The van der Waals surface area contributed by atoms with Gasteiger partial charge in [-0.1, -0.05) is 17.2 Å². The van der Waals surface area contributed by atoms with E-state index in [0.717, 1.165) is 36.9 Å². The predicted molar refractivity (Wildman–Crippen MR) is 98.5 cm³/mol. The molecule has 0 radical (unpaired) electrons. The van der Waals surface area contributed by atoms with Crippen molar-refractivity contribution >= 4 is 24.2 Å². The topological polar surface area (TPSA) is 75.4 Å². The van der Waals surface area contributed by atoms with Crippen LogP contribution in [0.15, 0.2) is 18.2 Å². The molecule has 0 aromatic heterocycles. The highest BCUT2D eigenvalue weighted by atomic mass is 35.5. The van der Waals surface area contributed by atoms with Crippen LogP contribution in [0.25, 0.3) is 0 Å². The lowest BCUT2D eigenvalue weighted by Gasteiger charge is -2.32. The van der Waals surface area contributed by atoms with Gasteiger partial charge in [-0.15, -0.1) is 12.4 Å². The predicted octanol–water partition coefficient (Wildman–Crippen LogP) is 2.04. The zero-order valence-corrected chi connectivity index (χ0v) is 15.3. The van der Waals surface area contributed by atoms with Crippen LogP contribution < -0.4 is 11.1 Å². The van der Waals surface area contributed by atoms with Crippen LogP contribution in [0, 0.1) is 19.8 Å². The summed E-state index contributed by atoms with van der Waals surface area (Å²) in [7, 11) is 0. The highest BCUT2D eigenvalue weighted by Crippen LogP contribution is 2.20. The quantitative estimate of drug-likeness (QED) is 0.795. The summed E-state index contributed by atoms with van der Waals surface area (Å²) >= 11 is 0. The molecule has 0 saturated carbocycles. The van der Waals surface area contributed by atoms with Crippen molar-refractivity contribution in [1.29, 1.82) is 0 Å². The Morgan fingerprint density at radius 3 is 2.54 bits per heavy atom. The summed E-state index contributed by atoms with van der Waals surface area (Å²) in [6.45, 7) is 6.39. The molecule has 1 aliphatic heterocycles. The number of piperidine rings is 1. The molecule has 24 heavy (non-hydrogen) atoms. The number of carbonyl (C=O) groups excluding carboxylic acids is 2. The number of aryl methyl sites for hydroxylation is 2. The Kier molecular flexibility index (Phi) is 8.22. The smallest absolute Gasteiger partial charge is 0.253 e. The molecule has 3 N–H and O–H groups in total. The van der Waals surface area contributed by atoms with Crippen molar-refractivity contribution in [3.63, 3.8) is 0 Å². The number of hydrogen-bond donors (Lipinski definition) is 2. The summed E-state index contributed by atoms with van der Waals surface area (Å²) in [5, 5.41) is 2.91. The minimum Gasteiger partial charge on any atom is -0.356 e. The van der Waals surface area contributed by atoms with Gasteiger partial charge >= 0.3 is 0 Å². The monoisotopic (exact) mass is 353 g/mol. The summed E-state index contributed by atoms with van der Waals surface area (Å²) in [4.78, 5) is 26.7. The molecule has 1 aromatic rings. The Morgan fingerprint density at radius 2 is 1.92 bits per heavy atom. The summed E-state index contributed by atoms with van der Waals surface area (Å²) in [5.74, 6) is -0.0518. The minimum atomic E-state index is -0.114. The van der Waals surface area contributed by atoms with Gasteiger partial charge in [0.15, 0.2) is 0 Å². The molecular formula is C18H28ClN3O2. The van der Waals surface area contributed by atoms with Crippen molar-refractivity contribution in [2.24, 2.45) is 11.7 Å². The Morgan fingerprint density at radius 1 is 1.25 bits per heavy atom. The van der Waals surface area contributed by atoms with Gasteiger partial charge in [-0.05, 0) is 51.8 Å². The summed E-state index contributed by atoms with van der Waals surface area (Å²) in [6.07, 6.45) is 2.49. The van der Waals surface area contributed by atoms with E-state index in [2.05, 4.69) is 11.4 Å². The molecule has 1 unspecified atom stereocenters. The van der Waals surface area contributed by atoms with Crippen LogP contribution in [-0.2, 0) is 4.79 Å². The van der Waals surface area contributed by atoms with Crippen LogP contribution in [0.5, 0.6) is 0 Å². The maximum Gasteiger partial charge on any atom is 0.253 e. The normalized spacial score (nSPS) is 17.1. The number of nitrogens with one attached hydrogen (secondary N) is 1. The van der Waals surface area contributed by atoms with Crippen LogP contribution in [0.3, 0.4) is 0 Å². The maximum absolute atomic E-state index is 12.7. The fourth-order valence-corrected chi connectivity index (χ4v) is 3.11. The molecule has 5 nitrogen and oxygen atoms in total. The van der Waals surface area contributed by atoms with E-state index < -0.39 is 0 Å². The summed E-state index contributed by atoms with van der Waals surface area (Å²) in [6, 6.07) is 5.89. The first-order chi connectivity index (χ1) is 11.0. The molecule has 6 heteroatoms. The van der Waals surface area contributed by atoms with Crippen LogP contribution in [-0.4, -0.2) is 42.9 Å². The minimum absolute atomic E-state index is 0. The number of halogens is 1. The molecular weight excluding hydrogens is 326 g/mol. The molecule has 0 bridgehead atoms. The van der Waals surface area contributed by atoms with Gasteiger partial charge in [-0.25, -0.2) is 0 Å². The van der Waals surface area contributed by atoms with E-state index in [9.17, 15) is 9.59 Å². The second-order valence-corrected chi connectivity index (χ2v) is 6.40. The largest absolute Gasteiger partial charge is 0.356 e. The van der Waals surface area contributed by atoms with Crippen molar-refractivity contribution in [2.75, 3.05) is 26.2 Å². The molecule has 1 fully saturated rings. The van der Waals surface area contributed by atoms with Gasteiger partial charge in [-0.2, -0.15) is 0 Å². The van der Waals surface area contributed by atoms with Crippen LogP contribution >= 0.6 is 12.4 Å². The summed E-state index contributed by atoms with van der Waals surface area (Å²) in [5.41, 5.74) is 8.32. The zero-order valence-electron chi connectivity index (χ0n) is 14.5. The fourth-order valence-electron chi connectivity index (χ4n) is 3.11. The number of rotatable bonds is 5. The molecule has 2 rings (SSSR count). The second-order valence-electron chi connectivity index (χ2n) is 6.40. The Hall–Kier alpha value is -1.59. The van der Waals surface area contributed by atoms with Crippen LogP contribution in [0.4, 0.5) is 0 Å². The van der Waals surface area contributed by atoms with Gasteiger partial charge in [0, 0.05) is 25.2 Å². The highest BCUT2D eigenvalue weighted by Gasteiger charge is 2.28. The Labute approximate surface area is 150 Å². The molecule has 134 valence electrons. The zero-order chi connectivity index (χ0) is 16.8. The molecule has 1 atom stereocenters. The lowest BCUT2D eigenvalue weighted by Crippen LogP contribution is -2.45. The number of nitrogens with zero attached hydrogens (tertiary/aromatic N) is 1. The van der Waals surface area contributed by atoms with Gasteiger partial charge in [0.05, 0.1) is 5.92 Å². The van der Waals surface area contributed by atoms with Crippen molar-refractivity contribution in [2.45, 2.75) is 33.1 Å². The lowest BCUT2D eigenvalue weighted by molar-refractivity contribution is -0.126. The molecule has 2 amide bonds. The van der Waals surface area contributed by atoms with Gasteiger partial charge in [-0.3, -0.25) is 9.59 Å². The van der Waals surface area contributed by atoms with Crippen LogP contribution in [0.1, 0.15) is 40.7 Å². The van der Waals surface area contributed by atoms with E-state index >= 15 is 0 Å². The number of amides is 2. The van der Waals surface area contributed by atoms with E-state index in [-0.39, 0.29) is 30.1 Å². The standard InChI is InChI=1S/C18H27N3O2.ClH/c1-13-9-14(2)11-16(10-13)18(23)21-8-3-5-15(12-21)17(22)20-7-4-6-19;/h9-11,15H,3-8,12,19H2,1-2H3,(H,20,22);1H. The van der Waals surface area contributed by atoms with E-state index in [0.29, 0.717) is 25.2 Å². The first-order valence-corrected chi connectivity index (χ1v) is 8.36. The number of carbonyl (C=O) groups is 2.